The first-order chi connectivity index (χ1) is 10.6. The van der Waals surface area contributed by atoms with Gasteiger partial charge >= 0.3 is 6.09 Å². The molecule has 0 bridgehead atoms. The van der Waals surface area contributed by atoms with Crippen molar-refractivity contribution >= 4 is 12.0 Å². The van der Waals surface area contributed by atoms with E-state index in [2.05, 4.69) is 10.6 Å². The molecule has 0 unspecified atom stereocenters. The Morgan fingerprint density at radius 1 is 1.00 bits per heavy atom. The second-order valence-electron chi connectivity index (χ2n) is 4.77. The van der Waals surface area contributed by atoms with Gasteiger partial charge in [0, 0.05) is 6.54 Å². The average Bonchev–Trinajstić information content (AvgIpc) is 2.54. The highest BCUT2D eigenvalue weighted by Crippen LogP contribution is 2.08. The number of benzene rings is 2. The molecule has 114 valence electrons. The van der Waals surface area contributed by atoms with Crippen LogP contribution < -0.4 is 15.4 Å². The maximum Gasteiger partial charge on any atom is 0.413 e. The number of amides is 2. The third kappa shape index (κ3) is 4.94. The van der Waals surface area contributed by atoms with Crippen LogP contribution in [0.2, 0.25) is 0 Å². The summed E-state index contributed by atoms with van der Waals surface area (Å²) in [6.07, 6.45) is -0.659. The van der Waals surface area contributed by atoms with Crippen LogP contribution >= 0.6 is 0 Å². The zero-order valence-electron chi connectivity index (χ0n) is 12.3. The van der Waals surface area contributed by atoms with E-state index < -0.39 is 12.1 Å². The van der Waals surface area contributed by atoms with Crippen molar-refractivity contribution in [3.63, 3.8) is 0 Å². The lowest BCUT2D eigenvalue weighted by Gasteiger charge is -2.14. The molecule has 22 heavy (non-hydrogen) atoms. The molecule has 0 saturated carbocycles. The van der Waals surface area contributed by atoms with E-state index in [1.165, 1.54) is 0 Å². The summed E-state index contributed by atoms with van der Waals surface area (Å²) in [6.45, 7) is 2.02. The summed E-state index contributed by atoms with van der Waals surface area (Å²) in [5.41, 5.74) is 0.995. The molecule has 2 rings (SSSR count). The molecule has 2 aromatic carbocycles. The number of carbonyl (C=O) groups is 2. The number of nitrogens with one attached hydrogen (secondary N) is 2. The number of hydrogen-bond donors (Lipinski definition) is 2. The van der Waals surface area contributed by atoms with Gasteiger partial charge in [-0.3, -0.25) is 4.79 Å². The van der Waals surface area contributed by atoms with E-state index in [-0.39, 0.29) is 5.91 Å². The van der Waals surface area contributed by atoms with Crippen LogP contribution in [-0.4, -0.2) is 18.0 Å². The number of para-hydroxylation sites is 1. The van der Waals surface area contributed by atoms with Gasteiger partial charge in [0.2, 0.25) is 5.91 Å². The highest BCUT2D eigenvalue weighted by atomic mass is 16.6. The van der Waals surface area contributed by atoms with Crippen LogP contribution in [0.3, 0.4) is 0 Å². The Morgan fingerprint density at radius 3 is 2.23 bits per heavy atom. The summed E-state index contributed by atoms with van der Waals surface area (Å²) in [5, 5.41) is 5.25. The van der Waals surface area contributed by atoms with E-state index in [4.69, 9.17) is 4.74 Å². The normalized spacial score (nSPS) is 11.3. The number of rotatable bonds is 5. The fourth-order valence-electron chi connectivity index (χ4n) is 1.81. The monoisotopic (exact) mass is 298 g/mol. The van der Waals surface area contributed by atoms with Crippen LogP contribution in [-0.2, 0) is 11.3 Å². The minimum atomic E-state index is -0.681. The number of ether oxygens (including phenoxy) is 1. The Hall–Kier alpha value is -2.82. The topological polar surface area (TPSA) is 67.4 Å². The molecule has 0 aliphatic carbocycles. The quantitative estimate of drug-likeness (QED) is 0.891. The van der Waals surface area contributed by atoms with Gasteiger partial charge in [0.25, 0.3) is 0 Å². The molecular formula is C17H18N2O3. The second-order valence-corrected chi connectivity index (χ2v) is 4.77. The fourth-order valence-corrected chi connectivity index (χ4v) is 1.81. The molecule has 0 radical (unpaired) electrons. The van der Waals surface area contributed by atoms with Crippen LogP contribution in [0.15, 0.2) is 60.7 Å². The summed E-state index contributed by atoms with van der Waals surface area (Å²) < 4.78 is 5.07. The second kappa shape index (κ2) is 7.83. The zero-order valence-corrected chi connectivity index (χ0v) is 12.3. The van der Waals surface area contributed by atoms with Gasteiger partial charge < -0.3 is 15.4 Å². The summed E-state index contributed by atoms with van der Waals surface area (Å²) in [4.78, 5) is 23.6. The summed E-state index contributed by atoms with van der Waals surface area (Å²) >= 11 is 0. The lowest BCUT2D eigenvalue weighted by atomic mass is 10.2. The van der Waals surface area contributed by atoms with Gasteiger partial charge in [0.15, 0.2) is 0 Å². The predicted octanol–water partition coefficient (Wildman–Crippen LogP) is 2.48. The van der Waals surface area contributed by atoms with Crippen molar-refractivity contribution in [3.8, 4) is 5.75 Å². The summed E-state index contributed by atoms with van der Waals surface area (Å²) in [7, 11) is 0. The van der Waals surface area contributed by atoms with Crippen molar-refractivity contribution in [1.29, 1.82) is 0 Å². The summed E-state index contributed by atoms with van der Waals surface area (Å²) in [6, 6.07) is 17.6. The van der Waals surface area contributed by atoms with E-state index >= 15 is 0 Å². The largest absolute Gasteiger partial charge is 0.413 e. The third-order valence-electron chi connectivity index (χ3n) is 2.99. The van der Waals surface area contributed by atoms with Gasteiger partial charge in [-0.15, -0.1) is 0 Å². The van der Waals surface area contributed by atoms with Gasteiger partial charge in [0.05, 0.1) is 0 Å². The Kier molecular flexibility index (Phi) is 5.54. The van der Waals surface area contributed by atoms with Crippen LogP contribution in [0.5, 0.6) is 5.75 Å². The van der Waals surface area contributed by atoms with Crippen molar-refractivity contribution in [2.24, 2.45) is 0 Å². The maximum absolute atomic E-state index is 11.9. The van der Waals surface area contributed by atoms with Crippen molar-refractivity contribution in [1.82, 2.24) is 10.6 Å². The smallest absolute Gasteiger partial charge is 0.410 e. The average molecular weight is 298 g/mol. The lowest BCUT2D eigenvalue weighted by molar-refractivity contribution is -0.122. The standard InChI is InChI=1S/C17H18N2O3/c1-13(16(20)18-12-14-8-4-2-5-9-14)19-17(21)22-15-10-6-3-7-11-15/h2-11,13H,12H2,1H3,(H,18,20)(H,19,21)/t13-/m0/s1. The molecule has 0 heterocycles. The van der Waals surface area contributed by atoms with E-state index in [0.29, 0.717) is 12.3 Å². The molecule has 0 saturated heterocycles. The number of carbonyl (C=O) groups excluding carboxylic acids is 2. The fraction of sp³-hybridized carbons (Fsp3) is 0.176. The van der Waals surface area contributed by atoms with E-state index in [9.17, 15) is 9.59 Å². The number of hydrogen-bond acceptors (Lipinski definition) is 3. The van der Waals surface area contributed by atoms with Crippen LogP contribution in [0, 0.1) is 0 Å². The van der Waals surface area contributed by atoms with Gasteiger partial charge in [-0.05, 0) is 24.6 Å². The Labute approximate surface area is 129 Å². The highest BCUT2D eigenvalue weighted by molar-refractivity contribution is 5.85. The Balaban J connectivity index is 1.77. The molecule has 2 aromatic rings. The molecule has 0 spiro atoms. The maximum atomic E-state index is 11.9. The van der Waals surface area contributed by atoms with Crippen molar-refractivity contribution in [3.05, 3.63) is 66.2 Å². The molecular weight excluding hydrogens is 280 g/mol. The Morgan fingerprint density at radius 2 is 1.59 bits per heavy atom. The van der Waals surface area contributed by atoms with Crippen molar-refractivity contribution < 1.29 is 14.3 Å². The lowest BCUT2D eigenvalue weighted by Crippen LogP contribution is -2.45. The molecule has 1 atom stereocenters. The first-order valence-electron chi connectivity index (χ1n) is 7.00. The molecule has 2 N–H and O–H groups in total. The van der Waals surface area contributed by atoms with Crippen LogP contribution in [0.4, 0.5) is 4.79 Å². The van der Waals surface area contributed by atoms with Gasteiger partial charge in [0.1, 0.15) is 11.8 Å². The first kappa shape index (κ1) is 15.6. The SMILES string of the molecule is C[C@H](NC(=O)Oc1ccccc1)C(=O)NCc1ccccc1. The summed E-state index contributed by atoms with van der Waals surface area (Å²) in [5.74, 6) is 0.158. The minimum Gasteiger partial charge on any atom is -0.410 e. The van der Waals surface area contributed by atoms with Crippen LogP contribution in [0.1, 0.15) is 12.5 Å². The first-order valence-corrected chi connectivity index (χ1v) is 7.00. The molecule has 0 aliphatic heterocycles. The van der Waals surface area contributed by atoms with Gasteiger partial charge in [-0.1, -0.05) is 48.5 Å². The Bertz CT molecular complexity index is 614. The molecule has 5 heteroatoms. The molecule has 2 amide bonds. The van der Waals surface area contributed by atoms with E-state index in [1.54, 1.807) is 31.2 Å². The van der Waals surface area contributed by atoms with Gasteiger partial charge in [-0.2, -0.15) is 0 Å². The predicted molar refractivity (Wildman–Crippen MR) is 83.4 cm³/mol. The molecule has 0 aromatic heterocycles. The highest BCUT2D eigenvalue weighted by Gasteiger charge is 2.16. The van der Waals surface area contributed by atoms with Crippen molar-refractivity contribution in [2.75, 3.05) is 0 Å². The molecule has 0 fully saturated rings. The van der Waals surface area contributed by atoms with Crippen molar-refractivity contribution in [2.45, 2.75) is 19.5 Å². The molecule has 5 nitrogen and oxygen atoms in total. The van der Waals surface area contributed by atoms with Gasteiger partial charge in [-0.25, -0.2) is 4.79 Å². The minimum absolute atomic E-state index is 0.270. The zero-order chi connectivity index (χ0) is 15.8. The third-order valence-corrected chi connectivity index (χ3v) is 2.99. The van der Waals surface area contributed by atoms with E-state index in [0.717, 1.165) is 5.56 Å². The van der Waals surface area contributed by atoms with E-state index in [1.807, 2.05) is 36.4 Å². The molecule has 0 aliphatic rings. The van der Waals surface area contributed by atoms with Crippen LogP contribution in [0.25, 0.3) is 0 Å².